The first kappa shape index (κ1) is 11.2. The number of halogens is 1. The van der Waals surface area contributed by atoms with E-state index in [0.29, 0.717) is 16.5 Å². The highest BCUT2D eigenvalue weighted by atomic mass is 35.5. The first-order valence-electron chi connectivity index (χ1n) is 3.79. The molecule has 0 aliphatic rings. The number of aryl methyl sites for hydroxylation is 1. The van der Waals surface area contributed by atoms with E-state index < -0.39 is 10.2 Å². The van der Waals surface area contributed by atoms with Crippen molar-refractivity contribution in [3.8, 4) is 0 Å². The van der Waals surface area contributed by atoms with Crippen LogP contribution in [0.1, 0.15) is 5.69 Å². The molecule has 0 atom stereocenters. The fourth-order valence-corrected chi connectivity index (χ4v) is 1.63. The van der Waals surface area contributed by atoms with Gasteiger partial charge in [0.15, 0.2) is 0 Å². The lowest BCUT2D eigenvalue weighted by atomic mass is 10.3. The van der Waals surface area contributed by atoms with Gasteiger partial charge in [0.2, 0.25) is 0 Å². The molecular formula is C7H10ClN3O2S. The Kier molecular flexibility index (Phi) is 3.30. The third-order valence-electron chi connectivity index (χ3n) is 1.56. The van der Waals surface area contributed by atoms with Crippen LogP contribution < -0.4 is 9.44 Å². The molecule has 5 nitrogen and oxygen atoms in total. The Balaban J connectivity index is 2.99. The zero-order valence-corrected chi connectivity index (χ0v) is 9.28. The summed E-state index contributed by atoms with van der Waals surface area (Å²) >= 11 is 5.62. The van der Waals surface area contributed by atoms with E-state index >= 15 is 0 Å². The van der Waals surface area contributed by atoms with Crippen molar-refractivity contribution in [2.24, 2.45) is 0 Å². The Morgan fingerprint density at radius 2 is 2.07 bits per heavy atom. The summed E-state index contributed by atoms with van der Waals surface area (Å²) in [5.74, 6) is 0. The Labute approximate surface area is 87.7 Å². The number of anilines is 1. The van der Waals surface area contributed by atoms with Crippen LogP contribution in [0, 0.1) is 6.92 Å². The second-order valence-electron chi connectivity index (χ2n) is 2.58. The van der Waals surface area contributed by atoms with Crippen molar-refractivity contribution in [1.82, 2.24) is 9.71 Å². The third-order valence-corrected chi connectivity index (χ3v) is 2.80. The molecular weight excluding hydrogens is 226 g/mol. The molecule has 14 heavy (non-hydrogen) atoms. The van der Waals surface area contributed by atoms with Gasteiger partial charge in [-0.1, -0.05) is 11.6 Å². The summed E-state index contributed by atoms with van der Waals surface area (Å²) in [6, 6.07) is 3.07. The van der Waals surface area contributed by atoms with Gasteiger partial charge in [0.25, 0.3) is 10.2 Å². The van der Waals surface area contributed by atoms with Crippen LogP contribution in [0.2, 0.25) is 5.15 Å². The molecule has 0 spiro atoms. The number of hydrogen-bond acceptors (Lipinski definition) is 3. The number of pyridine rings is 1. The second-order valence-corrected chi connectivity index (χ2v) is 4.58. The minimum absolute atomic E-state index is 0.329. The summed E-state index contributed by atoms with van der Waals surface area (Å²) in [5, 5.41) is 0.329. The van der Waals surface area contributed by atoms with Crippen LogP contribution in [0.15, 0.2) is 12.1 Å². The van der Waals surface area contributed by atoms with Gasteiger partial charge in [-0.15, -0.1) is 0 Å². The van der Waals surface area contributed by atoms with Crippen LogP contribution in [-0.2, 0) is 10.2 Å². The minimum atomic E-state index is -3.49. The van der Waals surface area contributed by atoms with Gasteiger partial charge >= 0.3 is 0 Å². The van der Waals surface area contributed by atoms with E-state index in [4.69, 9.17) is 11.6 Å². The summed E-state index contributed by atoms with van der Waals surface area (Å²) in [5.41, 5.74) is 0.931. The van der Waals surface area contributed by atoms with Gasteiger partial charge in [-0.25, -0.2) is 9.71 Å². The van der Waals surface area contributed by atoms with Crippen LogP contribution >= 0.6 is 11.6 Å². The van der Waals surface area contributed by atoms with Crippen molar-refractivity contribution in [3.63, 3.8) is 0 Å². The highest BCUT2D eigenvalue weighted by molar-refractivity contribution is 7.90. The normalized spacial score (nSPS) is 11.4. The van der Waals surface area contributed by atoms with E-state index in [0.717, 1.165) is 0 Å². The first-order valence-corrected chi connectivity index (χ1v) is 5.65. The fraction of sp³-hybridized carbons (Fsp3) is 0.286. The molecule has 0 saturated carbocycles. The van der Waals surface area contributed by atoms with E-state index in [1.165, 1.54) is 13.1 Å². The molecule has 0 bridgehead atoms. The molecule has 0 aliphatic carbocycles. The van der Waals surface area contributed by atoms with Crippen LogP contribution in [0.25, 0.3) is 0 Å². The summed E-state index contributed by atoms with van der Waals surface area (Å²) in [7, 11) is -2.17. The van der Waals surface area contributed by atoms with Gasteiger partial charge in [-0.2, -0.15) is 8.42 Å². The predicted molar refractivity (Wildman–Crippen MR) is 55.6 cm³/mol. The van der Waals surface area contributed by atoms with Crippen LogP contribution in [-0.4, -0.2) is 20.4 Å². The minimum Gasteiger partial charge on any atom is -0.269 e. The van der Waals surface area contributed by atoms with Crippen molar-refractivity contribution < 1.29 is 8.42 Å². The number of rotatable bonds is 3. The highest BCUT2D eigenvalue weighted by Gasteiger charge is 2.08. The van der Waals surface area contributed by atoms with Gasteiger partial charge < -0.3 is 0 Å². The summed E-state index contributed by atoms with van der Waals surface area (Å²) < 4.78 is 26.7. The molecule has 1 heterocycles. The standard InChI is InChI=1S/C7H10ClN3O2S/c1-5-6(3-4-7(8)10-5)11-14(12,13)9-2/h3-4,9,11H,1-2H3. The average Bonchev–Trinajstić information content (AvgIpc) is 2.10. The molecule has 1 rings (SSSR count). The maximum absolute atomic E-state index is 11.1. The van der Waals surface area contributed by atoms with Gasteiger partial charge in [-0.05, 0) is 19.1 Å². The van der Waals surface area contributed by atoms with E-state index in [1.54, 1.807) is 13.0 Å². The monoisotopic (exact) mass is 235 g/mol. The van der Waals surface area contributed by atoms with Gasteiger partial charge in [0, 0.05) is 7.05 Å². The molecule has 0 aliphatic heterocycles. The largest absolute Gasteiger partial charge is 0.298 e. The zero-order valence-electron chi connectivity index (χ0n) is 7.70. The number of hydrogen-bond donors (Lipinski definition) is 2. The van der Waals surface area contributed by atoms with Crippen LogP contribution in [0.4, 0.5) is 5.69 Å². The predicted octanol–water partition coefficient (Wildman–Crippen LogP) is 0.920. The van der Waals surface area contributed by atoms with E-state index in [1.807, 2.05) is 0 Å². The maximum atomic E-state index is 11.1. The smallest absolute Gasteiger partial charge is 0.269 e. The lowest BCUT2D eigenvalue weighted by molar-refractivity contribution is 0.593. The molecule has 0 unspecified atom stereocenters. The summed E-state index contributed by atoms with van der Waals surface area (Å²) in [6.45, 7) is 1.67. The van der Waals surface area contributed by atoms with Crippen molar-refractivity contribution in [2.75, 3.05) is 11.8 Å². The topological polar surface area (TPSA) is 71.1 Å². The molecule has 2 N–H and O–H groups in total. The van der Waals surface area contributed by atoms with Gasteiger partial charge in [0.1, 0.15) is 5.15 Å². The number of nitrogens with zero attached hydrogens (tertiary/aromatic N) is 1. The SMILES string of the molecule is CNS(=O)(=O)Nc1ccc(Cl)nc1C. The average molecular weight is 236 g/mol. The lowest BCUT2D eigenvalue weighted by Crippen LogP contribution is -2.26. The molecule has 0 fully saturated rings. The number of nitrogens with one attached hydrogen (secondary N) is 2. The molecule has 0 aromatic carbocycles. The summed E-state index contributed by atoms with van der Waals surface area (Å²) in [4.78, 5) is 3.90. The van der Waals surface area contributed by atoms with Crippen molar-refractivity contribution in [2.45, 2.75) is 6.92 Å². The van der Waals surface area contributed by atoms with Crippen LogP contribution in [0.3, 0.4) is 0 Å². The molecule has 0 radical (unpaired) electrons. The molecule has 1 aromatic rings. The maximum Gasteiger partial charge on any atom is 0.298 e. The van der Waals surface area contributed by atoms with Crippen LogP contribution in [0.5, 0.6) is 0 Å². The third kappa shape index (κ3) is 2.83. The quantitative estimate of drug-likeness (QED) is 0.766. The second kappa shape index (κ2) is 4.12. The Morgan fingerprint density at radius 3 is 2.57 bits per heavy atom. The van der Waals surface area contributed by atoms with Crippen molar-refractivity contribution in [3.05, 3.63) is 23.0 Å². The molecule has 0 amide bonds. The lowest BCUT2D eigenvalue weighted by Gasteiger charge is -2.08. The summed E-state index contributed by atoms with van der Waals surface area (Å²) in [6.07, 6.45) is 0. The van der Waals surface area contributed by atoms with E-state index in [2.05, 4.69) is 14.4 Å². The van der Waals surface area contributed by atoms with Gasteiger partial charge in [-0.3, -0.25) is 4.72 Å². The van der Waals surface area contributed by atoms with E-state index in [9.17, 15) is 8.42 Å². The van der Waals surface area contributed by atoms with Crippen molar-refractivity contribution in [1.29, 1.82) is 0 Å². The molecule has 1 aromatic heterocycles. The Morgan fingerprint density at radius 1 is 1.43 bits per heavy atom. The highest BCUT2D eigenvalue weighted by Crippen LogP contribution is 2.16. The molecule has 78 valence electrons. The Bertz CT molecular complexity index is 433. The van der Waals surface area contributed by atoms with E-state index in [-0.39, 0.29) is 0 Å². The van der Waals surface area contributed by atoms with Crippen molar-refractivity contribution >= 4 is 27.5 Å². The molecule has 7 heteroatoms. The first-order chi connectivity index (χ1) is 6.44. The fourth-order valence-electron chi connectivity index (χ4n) is 0.834. The zero-order chi connectivity index (χ0) is 10.8. The molecule has 0 saturated heterocycles. The number of aromatic nitrogens is 1. The Hall–Kier alpha value is -0.850. The van der Waals surface area contributed by atoms with Gasteiger partial charge in [0.05, 0.1) is 11.4 Å².